The second kappa shape index (κ2) is 17.4. The van der Waals surface area contributed by atoms with Crippen molar-refractivity contribution < 1.29 is 33.5 Å². The average Bonchev–Trinajstić information content (AvgIpc) is 3.71. The molecule has 1 fully saturated rings. The highest BCUT2D eigenvalue weighted by molar-refractivity contribution is 5.97. The number of aromatic amines is 1. The van der Waals surface area contributed by atoms with E-state index >= 15 is 0 Å². The number of nitrogens with zero attached hydrogens (tertiary/aromatic N) is 1. The number of hydrogen-bond donors (Lipinski definition) is 7. The first-order valence-corrected chi connectivity index (χ1v) is 17.2. The Morgan fingerprint density at radius 2 is 1.66 bits per heavy atom. The Balaban J connectivity index is 1.79. The molecular weight excluding hydrogens is 644 g/mol. The first kappa shape index (κ1) is 39.9. The molecular formula is C35H54N8O7. The van der Waals surface area contributed by atoms with Crippen molar-refractivity contribution in [2.45, 2.75) is 116 Å². The summed E-state index contributed by atoms with van der Waals surface area (Å²) < 4.78 is 5.46. The second-order valence-corrected chi connectivity index (χ2v) is 14.3. The highest BCUT2D eigenvalue weighted by Crippen LogP contribution is 2.22. The normalized spacial score (nSPS) is 17.7. The molecule has 0 bridgehead atoms. The number of likely N-dealkylation sites (tertiary alicyclic amines) is 1. The number of benzene rings is 1. The van der Waals surface area contributed by atoms with Crippen LogP contribution in [0.2, 0.25) is 0 Å². The number of ether oxygens (including phenoxy) is 1. The molecule has 1 aliphatic heterocycles. The zero-order valence-electron chi connectivity index (χ0n) is 30.1. The van der Waals surface area contributed by atoms with Gasteiger partial charge in [-0.15, -0.1) is 0 Å². The van der Waals surface area contributed by atoms with Crippen LogP contribution >= 0.6 is 0 Å². The molecule has 15 nitrogen and oxygen atoms in total. The van der Waals surface area contributed by atoms with Crippen LogP contribution in [-0.2, 0) is 39.9 Å². The van der Waals surface area contributed by atoms with Gasteiger partial charge >= 0.3 is 5.97 Å². The van der Waals surface area contributed by atoms with Gasteiger partial charge in [-0.3, -0.25) is 34.2 Å². The molecule has 3 rings (SSSR count). The van der Waals surface area contributed by atoms with Crippen LogP contribution < -0.4 is 33.0 Å². The molecule has 1 aromatic heterocycles. The summed E-state index contributed by atoms with van der Waals surface area (Å²) in [6.07, 6.45) is 2.82. The number of esters is 1. The molecule has 5 amide bonds. The Morgan fingerprint density at radius 1 is 0.980 bits per heavy atom. The van der Waals surface area contributed by atoms with E-state index in [0.717, 1.165) is 16.5 Å². The van der Waals surface area contributed by atoms with Crippen molar-refractivity contribution in [1.82, 2.24) is 31.3 Å². The Hall–Kier alpha value is -4.50. The van der Waals surface area contributed by atoms with E-state index in [0.29, 0.717) is 19.3 Å². The van der Waals surface area contributed by atoms with Gasteiger partial charge in [-0.05, 0) is 63.5 Å². The van der Waals surface area contributed by atoms with Gasteiger partial charge in [-0.25, -0.2) is 5.84 Å². The minimum atomic E-state index is -1.37. The largest absolute Gasteiger partial charge is 0.460 e. The third-order valence-corrected chi connectivity index (χ3v) is 8.88. The average molecular weight is 699 g/mol. The number of H-pyrrole nitrogens is 1. The highest BCUT2D eigenvalue weighted by atomic mass is 16.6. The first-order chi connectivity index (χ1) is 23.5. The number of hydrazine groups is 1. The van der Waals surface area contributed by atoms with Crippen LogP contribution in [0.4, 0.5) is 0 Å². The van der Waals surface area contributed by atoms with E-state index in [1.54, 1.807) is 47.7 Å². The van der Waals surface area contributed by atoms with Crippen molar-refractivity contribution in [3.05, 3.63) is 36.0 Å². The van der Waals surface area contributed by atoms with Crippen LogP contribution in [0.1, 0.15) is 79.7 Å². The van der Waals surface area contributed by atoms with Gasteiger partial charge in [-0.1, -0.05) is 52.3 Å². The van der Waals surface area contributed by atoms with Crippen LogP contribution in [0.15, 0.2) is 30.5 Å². The number of aromatic nitrogens is 1. The van der Waals surface area contributed by atoms with Crippen molar-refractivity contribution in [3.8, 4) is 0 Å². The molecule has 0 unspecified atom stereocenters. The molecule has 9 N–H and O–H groups in total. The smallest absolute Gasteiger partial charge is 0.308 e. The maximum absolute atomic E-state index is 14.1. The molecule has 15 heteroatoms. The van der Waals surface area contributed by atoms with Gasteiger partial charge in [0.25, 0.3) is 5.91 Å². The Kier molecular flexibility index (Phi) is 13.9. The topological polar surface area (TPSA) is 231 Å². The summed E-state index contributed by atoms with van der Waals surface area (Å²) in [6.45, 7) is 12.4. The third kappa shape index (κ3) is 10.5. The van der Waals surface area contributed by atoms with Crippen molar-refractivity contribution in [2.75, 3.05) is 6.54 Å². The van der Waals surface area contributed by atoms with Gasteiger partial charge in [0, 0.05) is 23.6 Å². The van der Waals surface area contributed by atoms with Crippen LogP contribution in [-0.4, -0.2) is 87.7 Å². The Morgan fingerprint density at radius 3 is 2.28 bits per heavy atom. The number of hydrogen-bond acceptors (Lipinski definition) is 9. The van der Waals surface area contributed by atoms with Gasteiger partial charge in [-0.2, -0.15) is 0 Å². The van der Waals surface area contributed by atoms with E-state index in [2.05, 4.69) is 26.4 Å². The molecule has 1 aliphatic rings. The van der Waals surface area contributed by atoms with Gasteiger partial charge in [0.1, 0.15) is 29.8 Å². The van der Waals surface area contributed by atoms with Gasteiger partial charge in [0.2, 0.25) is 23.6 Å². The summed E-state index contributed by atoms with van der Waals surface area (Å²) >= 11 is 0. The summed E-state index contributed by atoms with van der Waals surface area (Å²) in [6, 6.07) is 2.24. The molecule has 2 heterocycles. The number of rotatable bonds is 15. The molecule has 0 radical (unpaired) electrons. The van der Waals surface area contributed by atoms with Crippen molar-refractivity contribution >= 4 is 46.4 Å². The van der Waals surface area contributed by atoms with E-state index < -0.39 is 77.7 Å². The minimum absolute atomic E-state index is 0.168. The monoisotopic (exact) mass is 698 g/mol. The quantitative estimate of drug-likeness (QED) is 0.0606. The van der Waals surface area contributed by atoms with Crippen LogP contribution in [0, 0.1) is 11.8 Å². The van der Waals surface area contributed by atoms with Crippen LogP contribution in [0.25, 0.3) is 10.9 Å². The number of para-hydroxylation sites is 1. The molecule has 0 saturated carbocycles. The Bertz CT molecular complexity index is 1530. The van der Waals surface area contributed by atoms with Crippen molar-refractivity contribution in [3.63, 3.8) is 0 Å². The summed E-state index contributed by atoms with van der Waals surface area (Å²) in [5.41, 5.74) is 9.24. The maximum Gasteiger partial charge on any atom is 0.308 e. The fourth-order valence-electron chi connectivity index (χ4n) is 5.98. The zero-order valence-corrected chi connectivity index (χ0v) is 30.1. The van der Waals surface area contributed by atoms with Gasteiger partial charge < -0.3 is 36.3 Å². The zero-order chi connectivity index (χ0) is 37.3. The summed E-state index contributed by atoms with van der Waals surface area (Å²) in [5, 5.41) is 9.03. The number of nitrogens with one attached hydrogen (secondary N) is 5. The lowest BCUT2D eigenvalue weighted by molar-refractivity contribution is -0.157. The van der Waals surface area contributed by atoms with E-state index in [-0.39, 0.29) is 24.8 Å². The molecule has 2 aromatic rings. The lowest BCUT2D eigenvalue weighted by Gasteiger charge is -2.31. The van der Waals surface area contributed by atoms with Crippen LogP contribution in [0.5, 0.6) is 0 Å². The molecule has 1 aromatic carbocycles. The van der Waals surface area contributed by atoms with E-state index in [4.69, 9.17) is 16.3 Å². The minimum Gasteiger partial charge on any atom is -0.460 e. The molecule has 0 aliphatic carbocycles. The highest BCUT2D eigenvalue weighted by Gasteiger charge is 2.41. The maximum atomic E-state index is 14.1. The second-order valence-electron chi connectivity index (χ2n) is 14.3. The number of carbonyl (C=O) groups excluding carboxylic acids is 6. The first-order valence-electron chi connectivity index (χ1n) is 17.2. The molecule has 6 atom stereocenters. The van der Waals surface area contributed by atoms with E-state index in [9.17, 15) is 28.8 Å². The SMILES string of the molecule is CC[C@H](C)[C@H](NC(=O)[C@H](NC(=O)[C@@H]1CCCN1C(=O)[C@@H](CC(=O)OC(C)(C)C)NC(=O)[C@H](N)Cc1c[nH]c2ccccc12)C(C)C)C(=O)NN. The van der Waals surface area contributed by atoms with E-state index in [1.165, 1.54) is 4.90 Å². The Labute approximate surface area is 293 Å². The fraction of sp³-hybridized carbons (Fsp3) is 0.600. The molecule has 1 saturated heterocycles. The predicted molar refractivity (Wildman–Crippen MR) is 188 cm³/mol. The van der Waals surface area contributed by atoms with Crippen molar-refractivity contribution in [2.24, 2.45) is 23.4 Å². The summed E-state index contributed by atoms with van der Waals surface area (Å²) in [4.78, 5) is 84.4. The number of fused-ring (bicyclic) bond motifs is 1. The molecule has 50 heavy (non-hydrogen) atoms. The molecule has 276 valence electrons. The lowest BCUT2D eigenvalue weighted by atomic mass is 9.96. The van der Waals surface area contributed by atoms with E-state index in [1.807, 2.05) is 31.2 Å². The van der Waals surface area contributed by atoms with Gasteiger partial charge in [0.05, 0.1) is 12.5 Å². The van der Waals surface area contributed by atoms with Crippen LogP contribution in [0.3, 0.4) is 0 Å². The molecule has 0 spiro atoms. The summed E-state index contributed by atoms with van der Waals surface area (Å²) in [5.74, 6) is 1.01. The summed E-state index contributed by atoms with van der Waals surface area (Å²) in [7, 11) is 0. The number of nitrogens with two attached hydrogens (primary N) is 2. The number of amides is 5. The lowest BCUT2D eigenvalue weighted by Crippen LogP contribution is -2.60. The fourth-order valence-corrected chi connectivity index (χ4v) is 5.98. The third-order valence-electron chi connectivity index (χ3n) is 8.88. The van der Waals surface area contributed by atoms with Gasteiger partial charge in [0.15, 0.2) is 0 Å². The number of carbonyl (C=O) groups is 6. The standard InChI is InChI=1S/C35H54N8O7/c1-8-20(4)29(33(48)42-37)41-32(47)28(19(2)3)40-31(46)26-14-11-15-43(26)34(49)25(17-27(44)50-35(5,6)7)39-30(45)23(36)16-21-18-38-24-13-10-9-12-22(21)24/h9-10,12-13,18-20,23,25-26,28-29,38H,8,11,14-17,36-37H2,1-7H3,(H,39,45)(H,40,46)(H,41,47)(H,42,48)/t20-,23+,25+,26-,28+,29-/m0/s1. The predicted octanol–water partition coefficient (Wildman–Crippen LogP) is 0.907. The van der Waals surface area contributed by atoms with Crippen molar-refractivity contribution in [1.29, 1.82) is 0 Å².